The molecule has 0 aliphatic heterocycles. The summed E-state index contributed by atoms with van der Waals surface area (Å²) in [5.41, 5.74) is 0.982. The molecule has 0 unspecified atom stereocenters. The number of carbonyl (C=O) groups excluding carboxylic acids is 1. The first kappa shape index (κ1) is 18.2. The maximum Gasteiger partial charge on any atom is 0.322 e. The van der Waals surface area contributed by atoms with Gasteiger partial charge in [0.15, 0.2) is 0 Å². The Morgan fingerprint density at radius 1 is 1.46 bits per heavy atom. The van der Waals surface area contributed by atoms with Crippen LogP contribution >= 0.6 is 11.3 Å². The Kier molecular flexibility index (Phi) is 5.77. The van der Waals surface area contributed by atoms with E-state index in [4.69, 9.17) is 4.74 Å². The van der Waals surface area contributed by atoms with Crippen molar-refractivity contribution in [2.75, 3.05) is 19.0 Å². The van der Waals surface area contributed by atoms with E-state index in [-0.39, 0.29) is 11.7 Å². The Bertz CT molecular complexity index is 733. The summed E-state index contributed by atoms with van der Waals surface area (Å²) in [5.74, 6) is -0.0978. The highest BCUT2D eigenvalue weighted by molar-refractivity contribution is 7.11. The fourth-order valence-corrected chi connectivity index (χ4v) is 3.26. The first-order valence-corrected chi connectivity index (χ1v) is 8.55. The molecule has 0 aliphatic carbocycles. The Hall–Kier alpha value is -2.15. The van der Waals surface area contributed by atoms with E-state index in [0.29, 0.717) is 12.4 Å². The quantitative estimate of drug-likeness (QED) is 0.861. The summed E-state index contributed by atoms with van der Waals surface area (Å²) in [7, 11) is 1.67. The molecule has 2 rings (SSSR count). The number of hydrogen-bond donors (Lipinski definition) is 1. The van der Waals surface area contributed by atoms with Crippen LogP contribution < -0.4 is 10.1 Å². The number of thiazole rings is 1. The largest absolute Gasteiger partial charge is 0.494 e. The van der Waals surface area contributed by atoms with Gasteiger partial charge in [0.1, 0.15) is 11.6 Å². The number of ether oxygens (including phenoxy) is 1. The number of urea groups is 1. The van der Waals surface area contributed by atoms with E-state index in [2.05, 4.69) is 10.3 Å². The highest BCUT2D eigenvalue weighted by Gasteiger charge is 2.22. The van der Waals surface area contributed by atoms with Gasteiger partial charge in [-0.1, -0.05) is 0 Å². The lowest BCUT2D eigenvalue weighted by atomic mass is 10.2. The number of anilines is 1. The first-order chi connectivity index (χ1) is 11.3. The second-order valence-corrected chi connectivity index (χ2v) is 6.87. The van der Waals surface area contributed by atoms with Crippen LogP contribution in [0.5, 0.6) is 5.75 Å². The molecule has 0 spiro atoms. The van der Waals surface area contributed by atoms with Crippen molar-refractivity contribution >= 4 is 23.1 Å². The SMILES string of the molecule is CCOc1ccc(NC(=O)N(C)[C@H](C)c2nc(C)sc2C)c(F)c1. The van der Waals surface area contributed by atoms with Crippen molar-refractivity contribution in [1.82, 2.24) is 9.88 Å². The van der Waals surface area contributed by atoms with E-state index < -0.39 is 11.8 Å². The minimum absolute atomic E-state index is 0.119. The molecule has 1 aromatic carbocycles. The molecule has 1 aromatic heterocycles. The Morgan fingerprint density at radius 2 is 2.17 bits per heavy atom. The zero-order chi connectivity index (χ0) is 17.9. The molecule has 0 radical (unpaired) electrons. The molecule has 24 heavy (non-hydrogen) atoms. The molecule has 7 heteroatoms. The normalized spacial score (nSPS) is 11.9. The molecular weight excluding hydrogens is 329 g/mol. The average Bonchev–Trinajstić information content (AvgIpc) is 2.87. The molecule has 1 N–H and O–H groups in total. The number of aromatic nitrogens is 1. The van der Waals surface area contributed by atoms with Crippen LogP contribution in [0.4, 0.5) is 14.9 Å². The standard InChI is InChI=1S/C17H22FN3O2S/c1-6-23-13-7-8-15(14(18)9-13)20-17(22)21(5)10(2)16-11(3)24-12(4)19-16/h7-10H,6H2,1-5H3,(H,20,22)/t10-/m1/s1. The number of nitrogens with one attached hydrogen (secondary N) is 1. The Balaban J connectivity index is 2.10. The molecule has 2 aromatic rings. The third kappa shape index (κ3) is 4.03. The van der Waals surface area contributed by atoms with Gasteiger partial charge in [-0.15, -0.1) is 11.3 Å². The molecule has 0 aliphatic rings. The molecule has 0 bridgehead atoms. The molecule has 2 amide bonds. The minimum atomic E-state index is -0.531. The van der Waals surface area contributed by atoms with Gasteiger partial charge < -0.3 is 15.0 Å². The van der Waals surface area contributed by atoms with E-state index in [9.17, 15) is 9.18 Å². The zero-order valence-corrected chi connectivity index (χ0v) is 15.3. The van der Waals surface area contributed by atoms with E-state index in [1.54, 1.807) is 24.5 Å². The number of carbonyl (C=O) groups is 1. The number of benzene rings is 1. The number of halogens is 1. The minimum Gasteiger partial charge on any atom is -0.494 e. The average molecular weight is 351 g/mol. The molecule has 0 saturated carbocycles. The maximum absolute atomic E-state index is 14.1. The highest BCUT2D eigenvalue weighted by Crippen LogP contribution is 2.27. The van der Waals surface area contributed by atoms with Gasteiger partial charge in [-0.05, 0) is 39.8 Å². The summed E-state index contributed by atoms with van der Waals surface area (Å²) < 4.78 is 19.3. The number of hydrogen-bond acceptors (Lipinski definition) is 4. The lowest BCUT2D eigenvalue weighted by molar-refractivity contribution is 0.207. The van der Waals surface area contributed by atoms with Gasteiger partial charge in [0.2, 0.25) is 0 Å². The van der Waals surface area contributed by atoms with Gasteiger partial charge >= 0.3 is 6.03 Å². The summed E-state index contributed by atoms with van der Waals surface area (Å²) in [6.07, 6.45) is 0. The summed E-state index contributed by atoms with van der Waals surface area (Å²) in [4.78, 5) is 19.5. The monoisotopic (exact) mass is 351 g/mol. The van der Waals surface area contributed by atoms with Crippen LogP contribution in [0.1, 0.15) is 35.5 Å². The molecular formula is C17H22FN3O2S. The Morgan fingerprint density at radius 3 is 2.71 bits per heavy atom. The summed E-state index contributed by atoms with van der Waals surface area (Å²) in [6, 6.07) is 3.78. The number of nitrogens with zero attached hydrogens (tertiary/aromatic N) is 2. The van der Waals surface area contributed by atoms with Gasteiger partial charge in [0.25, 0.3) is 0 Å². The molecule has 0 saturated heterocycles. The van der Waals surface area contributed by atoms with Crippen molar-refractivity contribution in [3.05, 3.63) is 39.6 Å². The number of rotatable bonds is 5. The van der Waals surface area contributed by atoms with Crippen LogP contribution in [0.15, 0.2) is 18.2 Å². The van der Waals surface area contributed by atoms with Crippen LogP contribution in [0.3, 0.4) is 0 Å². The van der Waals surface area contributed by atoms with Crippen molar-refractivity contribution in [1.29, 1.82) is 0 Å². The maximum atomic E-state index is 14.1. The summed E-state index contributed by atoms with van der Waals surface area (Å²) in [5, 5.41) is 3.55. The van der Waals surface area contributed by atoms with Crippen LogP contribution in [-0.4, -0.2) is 29.6 Å². The predicted octanol–water partition coefficient (Wildman–Crippen LogP) is 4.52. The van der Waals surface area contributed by atoms with Crippen LogP contribution in [0.2, 0.25) is 0 Å². The van der Waals surface area contributed by atoms with Crippen molar-refractivity contribution in [2.24, 2.45) is 0 Å². The summed E-state index contributed by atoms with van der Waals surface area (Å²) >= 11 is 1.60. The first-order valence-electron chi connectivity index (χ1n) is 7.73. The van der Waals surface area contributed by atoms with Gasteiger partial charge in [0.05, 0.1) is 29.0 Å². The molecule has 0 fully saturated rings. The third-order valence-electron chi connectivity index (χ3n) is 3.73. The van der Waals surface area contributed by atoms with Crippen LogP contribution in [-0.2, 0) is 0 Å². The van der Waals surface area contributed by atoms with Crippen LogP contribution in [0, 0.1) is 19.7 Å². The Labute approximate surface area is 145 Å². The second-order valence-electron chi connectivity index (χ2n) is 5.47. The van der Waals surface area contributed by atoms with Gasteiger partial charge in [-0.2, -0.15) is 0 Å². The van der Waals surface area contributed by atoms with E-state index in [1.165, 1.54) is 17.0 Å². The molecule has 1 heterocycles. The fraction of sp³-hybridized carbons (Fsp3) is 0.412. The van der Waals surface area contributed by atoms with Crippen molar-refractivity contribution < 1.29 is 13.9 Å². The van der Waals surface area contributed by atoms with Crippen molar-refractivity contribution in [2.45, 2.75) is 33.7 Å². The van der Waals surface area contributed by atoms with Crippen molar-refractivity contribution in [3.63, 3.8) is 0 Å². The fourth-order valence-electron chi connectivity index (χ4n) is 2.35. The topological polar surface area (TPSA) is 54.5 Å². The van der Waals surface area contributed by atoms with E-state index in [1.807, 2.05) is 27.7 Å². The molecule has 1 atom stereocenters. The summed E-state index contributed by atoms with van der Waals surface area (Å²) in [6.45, 7) is 8.09. The van der Waals surface area contributed by atoms with Gasteiger partial charge in [-0.3, -0.25) is 0 Å². The van der Waals surface area contributed by atoms with E-state index >= 15 is 0 Å². The van der Waals surface area contributed by atoms with Crippen LogP contribution in [0.25, 0.3) is 0 Å². The number of aryl methyl sites for hydroxylation is 2. The zero-order valence-electron chi connectivity index (χ0n) is 14.5. The van der Waals surface area contributed by atoms with E-state index in [0.717, 1.165) is 15.6 Å². The smallest absolute Gasteiger partial charge is 0.322 e. The highest BCUT2D eigenvalue weighted by atomic mass is 32.1. The van der Waals surface area contributed by atoms with Gasteiger partial charge in [0, 0.05) is 18.0 Å². The predicted molar refractivity (Wildman–Crippen MR) is 94.4 cm³/mol. The lowest BCUT2D eigenvalue weighted by Crippen LogP contribution is -2.34. The van der Waals surface area contributed by atoms with Crippen molar-refractivity contribution in [3.8, 4) is 5.75 Å². The van der Waals surface area contributed by atoms with Gasteiger partial charge in [-0.25, -0.2) is 14.2 Å². The molecule has 130 valence electrons. The second kappa shape index (κ2) is 7.61. The molecule has 5 nitrogen and oxygen atoms in total. The third-order valence-corrected chi connectivity index (χ3v) is 4.63. The number of amides is 2. The lowest BCUT2D eigenvalue weighted by Gasteiger charge is -2.24.